The van der Waals surface area contributed by atoms with Crippen molar-refractivity contribution in [2.45, 2.75) is 32.6 Å². The summed E-state index contributed by atoms with van der Waals surface area (Å²) in [5.41, 5.74) is 1.22. The van der Waals surface area contributed by atoms with Gasteiger partial charge in [-0.15, -0.1) is 0 Å². The quantitative estimate of drug-likeness (QED) is 0.584. The first-order chi connectivity index (χ1) is 15.9. The number of carbonyl (C=O) groups is 2. The molecule has 2 aromatic rings. The Bertz CT molecular complexity index is 1010. The van der Waals surface area contributed by atoms with Crippen molar-refractivity contribution in [1.82, 2.24) is 4.90 Å². The van der Waals surface area contributed by atoms with Crippen molar-refractivity contribution in [1.29, 1.82) is 0 Å². The highest BCUT2D eigenvalue weighted by molar-refractivity contribution is 6.04. The van der Waals surface area contributed by atoms with Crippen LogP contribution in [0, 0.1) is 11.2 Å². The van der Waals surface area contributed by atoms with Gasteiger partial charge in [0.1, 0.15) is 11.6 Å². The lowest BCUT2D eigenvalue weighted by Gasteiger charge is -2.25. The summed E-state index contributed by atoms with van der Waals surface area (Å²) in [4.78, 5) is 27.2. The van der Waals surface area contributed by atoms with Gasteiger partial charge in [0.05, 0.1) is 12.3 Å². The summed E-state index contributed by atoms with van der Waals surface area (Å²) in [5, 5.41) is 12.0. The third-order valence-corrected chi connectivity index (χ3v) is 6.58. The van der Waals surface area contributed by atoms with Crippen LogP contribution >= 0.6 is 0 Å². The van der Waals surface area contributed by atoms with Crippen LogP contribution in [-0.2, 0) is 0 Å². The normalized spacial score (nSPS) is 19.8. The molecule has 2 aromatic carbocycles. The van der Waals surface area contributed by atoms with E-state index in [0.717, 1.165) is 25.7 Å². The molecule has 2 saturated heterocycles. The minimum absolute atomic E-state index is 0.107. The monoisotopic (exact) mass is 455 g/mol. The van der Waals surface area contributed by atoms with Crippen LogP contribution in [0.15, 0.2) is 42.5 Å². The van der Waals surface area contributed by atoms with Crippen molar-refractivity contribution >= 4 is 23.4 Å². The van der Waals surface area contributed by atoms with E-state index >= 15 is 0 Å². The number of ether oxygens (including phenoxy) is 1. The number of amides is 2. The molecule has 2 aliphatic rings. The van der Waals surface area contributed by atoms with Gasteiger partial charge in [-0.2, -0.15) is 0 Å². The molecule has 0 radical (unpaired) electrons. The summed E-state index contributed by atoms with van der Waals surface area (Å²) in [5.74, 6) is -0.00719. The van der Waals surface area contributed by atoms with Crippen LogP contribution in [0.1, 0.15) is 43.0 Å². The van der Waals surface area contributed by atoms with Crippen LogP contribution in [0.4, 0.5) is 20.6 Å². The summed E-state index contributed by atoms with van der Waals surface area (Å²) in [6, 6.07) is 11.6. The predicted molar refractivity (Wildman–Crippen MR) is 125 cm³/mol. The summed E-state index contributed by atoms with van der Waals surface area (Å²) >= 11 is 0. The Kier molecular flexibility index (Phi) is 6.72. The number of benzene rings is 2. The predicted octanol–water partition coefficient (Wildman–Crippen LogP) is 4.84. The minimum atomic E-state index is -0.893. The second-order valence-electron chi connectivity index (χ2n) is 8.97. The standard InChI is InChI=1S/C25H30FN3O4/c1-2-3-14-33-20-7-4-18(5-8-20)23(30)27-19-6-9-22(21(26)15-19)28-12-10-25(16-28)11-13-29(17-25)24(31)32/h4-9,15H,2-3,10-14,16-17H2,1H3,(H,27,30)(H,31,32). The van der Waals surface area contributed by atoms with Gasteiger partial charge < -0.3 is 25.0 Å². The van der Waals surface area contributed by atoms with Crippen molar-refractivity contribution < 1.29 is 23.8 Å². The molecule has 8 heteroatoms. The van der Waals surface area contributed by atoms with Gasteiger partial charge in [0.25, 0.3) is 5.91 Å². The number of carbonyl (C=O) groups excluding carboxylic acids is 1. The number of nitrogens with one attached hydrogen (secondary N) is 1. The Morgan fingerprint density at radius 3 is 2.55 bits per heavy atom. The van der Waals surface area contributed by atoms with E-state index in [-0.39, 0.29) is 11.3 Å². The number of unbranched alkanes of at least 4 members (excludes halogenated alkanes) is 1. The molecule has 1 unspecified atom stereocenters. The van der Waals surface area contributed by atoms with E-state index < -0.39 is 11.9 Å². The molecule has 33 heavy (non-hydrogen) atoms. The van der Waals surface area contributed by atoms with Crippen LogP contribution in [-0.4, -0.2) is 54.8 Å². The lowest BCUT2D eigenvalue weighted by molar-refractivity contribution is 0.102. The van der Waals surface area contributed by atoms with Crippen LogP contribution in [0.5, 0.6) is 5.75 Å². The molecule has 2 N–H and O–H groups in total. The molecule has 7 nitrogen and oxygen atoms in total. The van der Waals surface area contributed by atoms with Crippen LogP contribution in [0.25, 0.3) is 0 Å². The molecule has 2 heterocycles. The molecule has 176 valence electrons. The molecule has 0 bridgehead atoms. The molecule has 2 fully saturated rings. The second-order valence-corrected chi connectivity index (χ2v) is 8.97. The number of anilines is 2. The largest absolute Gasteiger partial charge is 0.494 e. The van der Waals surface area contributed by atoms with E-state index in [1.165, 1.54) is 11.0 Å². The number of hydrogen-bond donors (Lipinski definition) is 2. The Balaban J connectivity index is 1.36. The van der Waals surface area contributed by atoms with E-state index in [1.54, 1.807) is 36.4 Å². The first-order valence-electron chi connectivity index (χ1n) is 11.5. The van der Waals surface area contributed by atoms with Crippen molar-refractivity contribution in [3.63, 3.8) is 0 Å². The SMILES string of the molecule is CCCCOc1ccc(C(=O)Nc2ccc(N3CCC4(CCN(C(=O)O)C4)C3)c(F)c2)cc1. The van der Waals surface area contributed by atoms with Crippen molar-refractivity contribution in [3.8, 4) is 5.75 Å². The molecular weight excluding hydrogens is 425 g/mol. The molecule has 4 rings (SSSR count). The highest BCUT2D eigenvalue weighted by atomic mass is 19.1. The number of halogens is 1. The van der Waals surface area contributed by atoms with Gasteiger partial charge in [0.2, 0.25) is 0 Å². The smallest absolute Gasteiger partial charge is 0.407 e. The van der Waals surface area contributed by atoms with Crippen molar-refractivity contribution in [3.05, 3.63) is 53.8 Å². The number of nitrogens with zero attached hydrogens (tertiary/aromatic N) is 2. The van der Waals surface area contributed by atoms with E-state index in [4.69, 9.17) is 4.74 Å². The maximum Gasteiger partial charge on any atom is 0.407 e. The average Bonchev–Trinajstić information content (AvgIpc) is 3.41. The number of likely N-dealkylation sites (tertiary alicyclic amines) is 1. The first kappa shape index (κ1) is 22.9. The van der Waals surface area contributed by atoms with E-state index in [9.17, 15) is 19.1 Å². The fraction of sp³-hybridized carbons (Fsp3) is 0.440. The second kappa shape index (κ2) is 9.68. The lowest BCUT2D eigenvalue weighted by atomic mass is 9.86. The minimum Gasteiger partial charge on any atom is -0.494 e. The Labute approximate surface area is 193 Å². The van der Waals surface area contributed by atoms with Gasteiger partial charge in [0, 0.05) is 42.8 Å². The fourth-order valence-corrected chi connectivity index (χ4v) is 4.65. The first-order valence-corrected chi connectivity index (χ1v) is 11.5. The maximum atomic E-state index is 14.9. The number of rotatable bonds is 7. The highest BCUT2D eigenvalue weighted by Crippen LogP contribution is 2.41. The van der Waals surface area contributed by atoms with Gasteiger partial charge in [-0.05, 0) is 61.7 Å². The van der Waals surface area contributed by atoms with E-state index in [2.05, 4.69) is 12.2 Å². The van der Waals surface area contributed by atoms with E-state index in [1.807, 2.05) is 4.90 Å². The molecular formula is C25H30FN3O4. The number of carboxylic acid groups (broad SMARTS) is 1. The molecule has 0 aliphatic carbocycles. The van der Waals surface area contributed by atoms with Crippen LogP contribution in [0.2, 0.25) is 0 Å². The van der Waals surface area contributed by atoms with Gasteiger partial charge in [-0.25, -0.2) is 9.18 Å². The summed E-state index contributed by atoms with van der Waals surface area (Å²) in [7, 11) is 0. The van der Waals surface area contributed by atoms with Gasteiger partial charge in [0.15, 0.2) is 0 Å². The molecule has 0 saturated carbocycles. The third-order valence-electron chi connectivity index (χ3n) is 6.58. The van der Waals surface area contributed by atoms with Crippen molar-refractivity contribution in [2.24, 2.45) is 5.41 Å². The van der Waals surface area contributed by atoms with Gasteiger partial charge in [-0.1, -0.05) is 13.3 Å². The fourth-order valence-electron chi connectivity index (χ4n) is 4.65. The van der Waals surface area contributed by atoms with Gasteiger partial charge in [-0.3, -0.25) is 4.79 Å². The molecule has 1 spiro atoms. The average molecular weight is 456 g/mol. The Hall–Kier alpha value is -3.29. The molecule has 2 amide bonds. The zero-order chi connectivity index (χ0) is 23.4. The molecule has 1 atom stereocenters. The van der Waals surface area contributed by atoms with Gasteiger partial charge >= 0.3 is 6.09 Å². The summed E-state index contributed by atoms with van der Waals surface area (Å²) in [6.07, 6.45) is 2.78. The molecule has 2 aliphatic heterocycles. The summed E-state index contributed by atoms with van der Waals surface area (Å²) in [6.45, 7) is 5.08. The Morgan fingerprint density at radius 1 is 1.12 bits per heavy atom. The number of hydrogen-bond acceptors (Lipinski definition) is 4. The summed E-state index contributed by atoms with van der Waals surface area (Å²) < 4.78 is 20.5. The van der Waals surface area contributed by atoms with Crippen molar-refractivity contribution in [2.75, 3.05) is 43.0 Å². The zero-order valence-electron chi connectivity index (χ0n) is 18.8. The maximum absolute atomic E-state index is 14.9. The van der Waals surface area contributed by atoms with Crippen LogP contribution < -0.4 is 15.0 Å². The lowest BCUT2D eigenvalue weighted by Crippen LogP contribution is -2.33. The highest BCUT2D eigenvalue weighted by Gasteiger charge is 2.45. The van der Waals surface area contributed by atoms with Crippen LogP contribution in [0.3, 0.4) is 0 Å². The zero-order valence-corrected chi connectivity index (χ0v) is 18.8. The Morgan fingerprint density at radius 2 is 1.88 bits per heavy atom. The topological polar surface area (TPSA) is 82.1 Å². The van der Waals surface area contributed by atoms with E-state index in [0.29, 0.717) is 55.5 Å². The third kappa shape index (κ3) is 5.21. The molecule has 0 aromatic heterocycles.